The number of carbonyl (C=O) groups is 1. The summed E-state index contributed by atoms with van der Waals surface area (Å²) in [7, 11) is 0. The highest BCUT2D eigenvalue weighted by Crippen LogP contribution is 2.10. The zero-order valence-corrected chi connectivity index (χ0v) is 14.0. The molecule has 0 aliphatic rings. The maximum Gasteiger partial charge on any atom is 0.338 e. The van der Waals surface area contributed by atoms with Crippen LogP contribution in [0.25, 0.3) is 0 Å². The van der Waals surface area contributed by atoms with Crippen molar-refractivity contribution >= 4 is 5.97 Å². The minimum atomic E-state index is -0.420. The van der Waals surface area contributed by atoms with E-state index in [9.17, 15) is 4.79 Å². The van der Waals surface area contributed by atoms with Crippen molar-refractivity contribution in [3.63, 3.8) is 0 Å². The van der Waals surface area contributed by atoms with Gasteiger partial charge in [-0.15, -0.1) is 0 Å². The monoisotopic (exact) mass is 324 g/mol. The summed E-state index contributed by atoms with van der Waals surface area (Å²) in [5.41, 5.74) is 0.411. The molecule has 5 heteroatoms. The van der Waals surface area contributed by atoms with Crippen LogP contribution in [0.15, 0.2) is 24.3 Å². The lowest BCUT2D eigenvalue weighted by Crippen LogP contribution is -2.13. The van der Waals surface area contributed by atoms with E-state index in [1.54, 1.807) is 0 Å². The fourth-order valence-electron chi connectivity index (χ4n) is 2.00. The van der Waals surface area contributed by atoms with E-state index in [0.717, 1.165) is 13.0 Å². The zero-order valence-electron chi connectivity index (χ0n) is 14.0. The Bertz CT molecular complexity index is 416. The minimum absolute atomic E-state index is 0.121. The molecule has 0 saturated carbocycles. The van der Waals surface area contributed by atoms with Crippen LogP contribution in [0.1, 0.15) is 49.4 Å². The first-order valence-corrected chi connectivity index (χ1v) is 8.35. The van der Waals surface area contributed by atoms with Crippen molar-refractivity contribution in [2.75, 3.05) is 33.0 Å². The normalized spacial score (nSPS) is 10.7. The number of phenols is 1. The van der Waals surface area contributed by atoms with Crippen molar-refractivity contribution in [1.82, 2.24) is 0 Å². The second-order valence-electron chi connectivity index (χ2n) is 5.32. The molecule has 0 saturated heterocycles. The number of aromatic hydroxyl groups is 1. The van der Waals surface area contributed by atoms with Gasteiger partial charge in [0.15, 0.2) is 0 Å². The predicted molar refractivity (Wildman–Crippen MR) is 88.8 cm³/mol. The van der Waals surface area contributed by atoms with Gasteiger partial charge in [0, 0.05) is 6.61 Å². The van der Waals surface area contributed by atoms with Crippen molar-refractivity contribution in [2.45, 2.75) is 39.0 Å². The lowest BCUT2D eigenvalue weighted by Gasteiger charge is -2.07. The van der Waals surface area contributed by atoms with Crippen LogP contribution in [-0.2, 0) is 14.2 Å². The number of unbranched alkanes of at least 4 members (excludes halogenated alkanes) is 4. The molecule has 0 unspecified atom stereocenters. The van der Waals surface area contributed by atoms with E-state index in [-0.39, 0.29) is 12.4 Å². The number of phenolic OH excluding ortho intramolecular Hbond substituents is 1. The molecule has 1 rings (SSSR count). The van der Waals surface area contributed by atoms with Crippen LogP contribution in [0, 0.1) is 0 Å². The lowest BCUT2D eigenvalue weighted by atomic mass is 10.2. The number of ether oxygens (including phenoxy) is 3. The molecule has 0 aromatic heterocycles. The van der Waals surface area contributed by atoms with Crippen molar-refractivity contribution in [2.24, 2.45) is 0 Å². The van der Waals surface area contributed by atoms with Crippen LogP contribution in [0.4, 0.5) is 0 Å². The molecule has 0 aliphatic carbocycles. The summed E-state index contributed by atoms with van der Waals surface area (Å²) in [5.74, 6) is -0.299. The van der Waals surface area contributed by atoms with Crippen LogP contribution >= 0.6 is 0 Å². The van der Waals surface area contributed by atoms with Gasteiger partial charge >= 0.3 is 5.97 Å². The number of carbonyl (C=O) groups excluding carboxylic acids is 1. The fourth-order valence-corrected chi connectivity index (χ4v) is 2.00. The molecule has 0 radical (unpaired) electrons. The third-order valence-corrected chi connectivity index (χ3v) is 3.33. The molecule has 1 N–H and O–H groups in total. The second kappa shape index (κ2) is 12.9. The zero-order chi connectivity index (χ0) is 16.8. The third-order valence-electron chi connectivity index (χ3n) is 3.33. The van der Waals surface area contributed by atoms with Crippen LogP contribution in [0.2, 0.25) is 0 Å². The van der Waals surface area contributed by atoms with Gasteiger partial charge in [0.25, 0.3) is 0 Å². The molecule has 0 amide bonds. The van der Waals surface area contributed by atoms with Gasteiger partial charge in [-0.3, -0.25) is 0 Å². The Kier molecular flexibility index (Phi) is 10.9. The molecule has 0 aliphatic heterocycles. The van der Waals surface area contributed by atoms with Gasteiger partial charge in [0.2, 0.25) is 0 Å². The van der Waals surface area contributed by atoms with E-state index in [4.69, 9.17) is 19.3 Å². The van der Waals surface area contributed by atoms with E-state index in [1.165, 1.54) is 49.9 Å². The van der Waals surface area contributed by atoms with E-state index >= 15 is 0 Å². The first-order chi connectivity index (χ1) is 11.2. The Morgan fingerprint density at radius 1 is 0.870 bits per heavy atom. The topological polar surface area (TPSA) is 65.0 Å². The molecule has 1 aromatic carbocycles. The summed E-state index contributed by atoms with van der Waals surface area (Å²) in [6.45, 7) is 4.62. The third kappa shape index (κ3) is 9.92. The van der Waals surface area contributed by atoms with Crippen LogP contribution < -0.4 is 0 Å². The quantitative estimate of drug-likeness (QED) is 0.444. The number of hydrogen-bond donors (Lipinski definition) is 1. The largest absolute Gasteiger partial charge is 0.508 e. The van der Waals surface area contributed by atoms with Gasteiger partial charge in [-0.25, -0.2) is 4.79 Å². The smallest absolute Gasteiger partial charge is 0.338 e. The van der Waals surface area contributed by atoms with Gasteiger partial charge in [0.1, 0.15) is 12.4 Å². The molecule has 130 valence electrons. The molecule has 0 atom stereocenters. The average Bonchev–Trinajstić information content (AvgIpc) is 2.56. The van der Waals surface area contributed by atoms with Crippen LogP contribution in [0.3, 0.4) is 0 Å². The summed E-state index contributed by atoms with van der Waals surface area (Å²) < 4.78 is 15.9. The summed E-state index contributed by atoms with van der Waals surface area (Å²) in [4.78, 5) is 11.7. The fraction of sp³-hybridized carbons (Fsp3) is 0.611. The maximum atomic E-state index is 11.7. The Morgan fingerprint density at radius 2 is 1.48 bits per heavy atom. The Labute approximate surface area is 138 Å². The Morgan fingerprint density at radius 3 is 2.17 bits per heavy atom. The van der Waals surface area contributed by atoms with E-state index in [2.05, 4.69) is 6.92 Å². The molecule has 23 heavy (non-hydrogen) atoms. The highest BCUT2D eigenvalue weighted by Gasteiger charge is 2.06. The SMILES string of the molecule is CCCCCCCOCCOCCOC(=O)c1ccc(O)cc1. The van der Waals surface area contributed by atoms with Crippen LogP contribution in [-0.4, -0.2) is 44.1 Å². The van der Waals surface area contributed by atoms with Gasteiger partial charge in [0.05, 0.1) is 25.4 Å². The second-order valence-corrected chi connectivity index (χ2v) is 5.32. The van der Waals surface area contributed by atoms with Crippen LogP contribution in [0.5, 0.6) is 5.75 Å². The highest BCUT2D eigenvalue weighted by atomic mass is 16.6. The number of hydrogen-bond acceptors (Lipinski definition) is 5. The molecular weight excluding hydrogens is 296 g/mol. The van der Waals surface area contributed by atoms with E-state index in [0.29, 0.717) is 25.4 Å². The summed E-state index contributed by atoms with van der Waals surface area (Å²) in [5, 5.41) is 9.14. The van der Waals surface area contributed by atoms with E-state index in [1.807, 2.05) is 0 Å². The van der Waals surface area contributed by atoms with Crippen molar-refractivity contribution in [1.29, 1.82) is 0 Å². The highest BCUT2D eigenvalue weighted by molar-refractivity contribution is 5.89. The molecule has 1 aromatic rings. The average molecular weight is 324 g/mol. The number of esters is 1. The summed E-state index contributed by atoms with van der Waals surface area (Å²) in [6.07, 6.45) is 6.16. The predicted octanol–water partition coefficient (Wildman–Crippen LogP) is 3.55. The first kappa shape index (κ1) is 19.5. The maximum absolute atomic E-state index is 11.7. The minimum Gasteiger partial charge on any atom is -0.508 e. The van der Waals surface area contributed by atoms with Crippen molar-refractivity contribution < 1.29 is 24.1 Å². The van der Waals surface area contributed by atoms with Gasteiger partial charge in [-0.2, -0.15) is 0 Å². The van der Waals surface area contributed by atoms with Crippen molar-refractivity contribution in [3.8, 4) is 5.75 Å². The van der Waals surface area contributed by atoms with Gasteiger partial charge < -0.3 is 19.3 Å². The molecule has 0 bridgehead atoms. The lowest BCUT2D eigenvalue weighted by molar-refractivity contribution is 0.0141. The number of benzene rings is 1. The Hall–Kier alpha value is -1.59. The number of rotatable bonds is 13. The van der Waals surface area contributed by atoms with Gasteiger partial charge in [-0.1, -0.05) is 32.6 Å². The summed E-state index contributed by atoms with van der Waals surface area (Å²) in [6, 6.07) is 5.94. The molecule has 0 fully saturated rings. The molecular formula is C18H28O5. The van der Waals surface area contributed by atoms with Gasteiger partial charge in [-0.05, 0) is 30.7 Å². The van der Waals surface area contributed by atoms with Crippen molar-refractivity contribution in [3.05, 3.63) is 29.8 Å². The molecule has 0 heterocycles. The molecule has 0 spiro atoms. The molecule has 5 nitrogen and oxygen atoms in total. The standard InChI is InChI=1S/C18H28O5/c1-2-3-4-5-6-11-21-12-13-22-14-15-23-18(20)16-7-9-17(19)10-8-16/h7-10,19H,2-6,11-15H2,1H3. The summed E-state index contributed by atoms with van der Waals surface area (Å²) >= 11 is 0. The Balaban J connectivity index is 1.89. The first-order valence-electron chi connectivity index (χ1n) is 8.35. The van der Waals surface area contributed by atoms with E-state index < -0.39 is 5.97 Å².